The Bertz CT molecular complexity index is 1080. The van der Waals surface area contributed by atoms with Crippen molar-refractivity contribution in [2.45, 2.75) is 19.4 Å². The van der Waals surface area contributed by atoms with E-state index in [2.05, 4.69) is 10.3 Å². The van der Waals surface area contributed by atoms with Crippen molar-refractivity contribution in [3.05, 3.63) is 68.9 Å². The normalized spacial score (nSPS) is 15.4. The number of carbonyl (C=O) groups is 3. The number of aliphatic hydroxyl groups is 1. The molecule has 0 radical (unpaired) electrons. The fraction of sp³-hybridized carbons (Fsp3) is 0.273. The van der Waals surface area contributed by atoms with Crippen molar-refractivity contribution in [3.8, 4) is 0 Å². The van der Waals surface area contributed by atoms with Gasteiger partial charge in [-0.2, -0.15) is 11.3 Å². The van der Waals surface area contributed by atoms with Gasteiger partial charge in [0.2, 0.25) is 5.91 Å². The number of ketones is 1. The van der Waals surface area contributed by atoms with Crippen molar-refractivity contribution in [2.24, 2.45) is 5.92 Å². The van der Waals surface area contributed by atoms with E-state index < -0.39 is 5.92 Å². The zero-order valence-corrected chi connectivity index (χ0v) is 18.2. The third-order valence-corrected chi connectivity index (χ3v) is 6.81. The van der Waals surface area contributed by atoms with Gasteiger partial charge in [-0.05, 0) is 17.0 Å². The predicted octanol–water partition coefficient (Wildman–Crippen LogP) is 3.22. The maximum absolute atomic E-state index is 13.2. The molecule has 0 saturated carbocycles. The van der Waals surface area contributed by atoms with Crippen molar-refractivity contribution < 1.29 is 19.5 Å². The first kappa shape index (κ1) is 21.4. The van der Waals surface area contributed by atoms with Crippen LogP contribution in [-0.2, 0) is 17.8 Å². The maximum Gasteiger partial charge on any atom is 0.258 e. The van der Waals surface area contributed by atoms with Gasteiger partial charge in [-0.1, -0.05) is 41.7 Å². The number of aliphatic hydroxyl groups excluding tert-OH is 1. The van der Waals surface area contributed by atoms with Crippen molar-refractivity contribution in [2.75, 3.05) is 18.5 Å². The van der Waals surface area contributed by atoms with Gasteiger partial charge in [-0.15, -0.1) is 0 Å². The van der Waals surface area contributed by atoms with Gasteiger partial charge in [0.15, 0.2) is 10.9 Å². The van der Waals surface area contributed by atoms with Crippen molar-refractivity contribution >= 4 is 45.4 Å². The van der Waals surface area contributed by atoms with Gasteiger partial charge in [0.05, 0.1) is 28.7 Å². The lowest BCUT2D eigenvalue weighted by Gasteiger charge is -2.28. The number of rotatable bonds is 7. The topological polar surface area (TPSA) is 99.6 Å². The summed E-state index contributed by atoms with van der Waals surface area (Å²) in [5, 5.41) is 16.1. The fourth-order valence-electron chi connectivity index (χ4n) is 3.57. The van der Waals surface area contributed by atoms with Crippen LogP contribution in [0, 0.1) is 5.92 Å². The molecule has 3 aromatic rings. The molecule has 31 heavy (non-hydrogen) atoms. The number of thiophene rings is 1. The van der Waals surface area contributed by atoms with Crippen LogP contribution in [0.3, 0.4) is 0 Å². The lowest BCUT2D eigenvalue weighted by atomic mass is 9.88. The molecule has 0 aliphatic heterocycles. The molecule has 1 aromatic carbocycles. The summed E-state index contributed by atoms with van der Waals surface area (Å²) in [5.74, 6) is -1.12. The van der Waals surface area contributed by atoms with E-state index in [-0.39, 0.29) is 37.2 Å². The number of amides is 2. The van der Waals surface area contributed by atoms with Gasteiger partial charge in [0, 0.05) is 31.3 Å². The first-order valence-electron chi connectivity index (χ1n) is 9.85. The molecule has 9 heteroatoms. The highest BCUT2D eigenvalue weighted by atomic mass is 32.1. The molecular formula is C22H21N3O4S2. The summed E-state index contributed by atoms with van der Waals surface area (Å²) in [6, 6.07) is 11.3. The highest BCUT2D eigenvalue weighted by molar-refractivity contribution is 7.17. The van der Waals surface area contributed by atoms with Crippen LogP contribution in [0.15, 0.2) is 47.2 Å². The Hall–Kier alpha value is -2.88. The Morgan fingerprint density at radius 2 is 2.00 bits per heavy atom. The van der Waals surface area contributed by atoms with Crippen LogP contribution in [0.1, 0.15) is 37.7 Å². The van der Waals surface area contributed by atoms with Gasteiger partial charge in [-0.25, -0.2) is 4.98 Å². The number of benzene rings is 1. The van der Waals surface area contributed by atoms with Crippen LogP contribution < -0.4 is 5.32 Å². The number of nitrogens with zero attached hydrogens (tertiary/aromatic N) is 2. The molecule has 2 amide bonds. The van der Waals surface area contributed by atoms with Crippen LogP contribution in [0.4, 0.5) is 5.13 Å². The molecule has 1 aliphatic rings. The molecule has 2 heterocycles. The third-order valence-electron chi connectivity index (χ3n) is 5.07. The minimum Gasteiger partial charge on any atom is -0.395 e. The van der Waals surface area contributed by atoms with E-state index >= 15 is 0 Å². The zero-order chi connectivity index (χ0) is 21.8. The predicted molar refractivity (Wildman–Crippen MR) is 119 cm³/mol. The molecule has 1 aliphatic carbocycles. The van der Waals surface area contributed by atoms with Crippen LogP contribution in [0.5, 0.6) is 0 Å². The number of aromatic nitrogens is 1. The van der Waals surface area contributed by atoms with Gasteiger partial charge in [-0.3, -0.25) is 19.7 Å². The average molecular weight is 456 g/mol. The minimum absolute atomic E-state index is 0.0999. The lowest BCUT2D eigenvalue weighted by Crippen LogP contribution is -2.40. The van der Waals surface area contributed by atoms with Crippen molar-refractivity contribution in [1.82, 2.24) is 9.88 Å². The summed E-state index contributed by atoms with van der Waals surface area (Å²) >= 11 is 2.57. The molecule has 2 N–H and O–H groups in total. The Morgan fingerprint density at radius 3 is 2.71 bits per heavy atom. The average Bonchev–Trinajstić information content (AvgIpc) is 3.44. The standard InChI is InChI=1S/C22H21N3O4S2/c26-8-7-25(12-14-4-2-1-3-5-14)21(29)16-10-17-19(18(27)11-16)31-22(23-17)24-20(28)15-6-9-30-13-15/h1-6,9,13,16,26H,7-8,10-12H2,(H,23,24,28)/t16-/m0/s1. The van der Waals surface area contributed by atoms with Crippen molar-refractivity contribution in [3.63, 3.8) is 0 Å². The van der Waals surface area contributed by atoms with E-state index in [9.17, 15) is 19.5 Å². The second kappa shape index (κ2) is 9.51. The second-order valence-electron chi connectivity index (χ2n) is 7.26. The van der Waals surface area contributed by atoms with Crippen LogP contribution >= 0.6 is 22.7 Å². The van der Waals surface area contributed by atoms with Crippen molar-refractivity contribution in [1.29, 1.82) is 0 Å². The highest BCUT2D eigenvalue weighted by Crippen LogP contribution is 2.33. The monoisotopic (exact) mass is 455 g/mol. The zero-order valence-electron chi connectivity index (χ0n) is 16.6. The van der Waals surface area contributed by atoms with Crippen LogP contribution in [0.2, 0.25) is 0 Å². The highest BCUT2D eigenvalue weighted by Gasteiger charge is 2.35. The summed E-state index contributed by atoms with van der Waals surface area (Å²) in [6.07, 6.45) is 0.435. The van der Waals surface area contributed by atoms with Crippen LogP contribution in [-0.4, -0.2) is 45.7 Å². The molecule has 0 spiro atoms. The number of anilines is 1. The maximum atomic E-state index is 13.2. The molecule has 160 valence electrons. The van der Waals surface area contributed by atoms with Gasteiger partial charge in [0.25, 0.3) is 5.91 Å². The molecule has 0 saturated heterocycles. The molecule has 2 aromatic heterocycles. The number of fused-ring (bicyclic) bond motifs is 1. The molecule has 4 rings (SSSR count). The molecule has 0 fully saturated rings. The first-order valence-corrected chi connectivity index (χ1v) is 11.6. The lowest BCUT2D eigenvalue weighted by molar-refractivity contribution is -0.136. The first-order chi connectivity index (χ1) is 15.0. The third kappa shape index (κ3) is 4.90. The molecule has 0 unspecified atom stereocenters. The molecule has 0 bridgehead atoms. The smallest absolute Gasteiger partial charge is 0.258 e. The van der Waals surface area contributed by atoms with E-state index in [0.29, 0.717) is 34.2 Å². The Labute approximate surface area is 187 Å². The molecule has 7 nitrogen and oxygen atoms in total. The second-order valence-corrected chi connectivity index (χ2v) is 9.04. The van der Waals surface area contributed by atoms with E-state index in [0.717, 1.165) is 16.9 Å². The van der Waals surface area contributed by atoms with E-state index in [4.69, 9.17) is 0 Å². The number of thiazole rings is 1. The Kier molecular flexibility index (Phi) is 6.55. The fourth-order valence-corrected chi connectivity index (χ4v) is 5.14. The van der Waals surface area contributed by atoms with Crippen LogP contribution in [0.25, 0.3) is 0 Å². The minimum atomic E-state index is -0.530. The quantitative estimate of drug-likeness (QED) is 0.570. The summed E-state index contributed by atoms with van der Waals surface area (Å²) in [6.45, 7) is 0.418. The van der Waals surface area contributed by atoms with Gasteiger partial charge >= 0.3 is 0 Å². The summed E-state index contributed by atoms with van der Waals surface area (Å²) in [7, 11) is 0. The summed E-state index contributed by atoms with van der Waals surface area (Å²) in [4.78, 5) is 44.6. The van der Waals surface area contributed by atoms with E-state index in [1.165, 1.54) is 11.3 Å². The summed E-state index contributed by atoms with van der Waals surface area (Å²) < 4.78 is 0. The van der Waals surface area contributed by atoms with Gasteiger partial charge < -0.3 is 10.0 Å². The molecule has 1 atom stereocenters. The number of Topliss-reactive ketones (excluding diaryl/α,β-unsaturated/α-hetero) is 1. The number of hydrogen-bond acceptors (Lipinski definition) is 7. The van der Waals surface area contributed by atoms with E-state index in [1.807, 2.05) is 35.7 Å². The number of hydrogen-bond donors (Lipinski definition) is 2. The number of carbonyl (C=O) groups excluding carboxylic acids is 3. The number of nitrogens with one attached hydrogen (secondary N) is 1. The largest absolute Gasteiger partial charge is 0.395 e. The van der Waals surface area contributed by atoms with E-state index in [1.54, 1.807) is 16.3 Å². The summed E-state index contributed by atoms with van der Waals surface area (Å²) in [5.41, 5.74) is 2.04. The SMILES string of the molecule is O=C(Nc1nc2c(s1)C(=O)C[C@@H](C(=O)N(CCO)Cc1ccccc1)C2)c1ccsc1. The Morgan fingerprint density at radius 1 is 1.19 bits per heavy atom. The molecular weight excluding hydrogens is 434 g/mol. The Balaban J connectivity index is 1.48. The van der Waals surface area contributed by atoms with Gasteiger partial charge in [0.1, 0.15) is 0 Å².